The molecule has 2 aromatic rings. The van der Waals surface area contributed by atoms with Crippen molar-refractivity contribution in [3.05, 3.63) is 59.7 Å². The maximum atomic E-state index is 11.1. The van der Waals surface area contributed by atoms with Crippen molar-refractivity contribution in [2.24, 2.45) is 0 Å². The predicted molar refractivity (Wildman–Crippen MR) is 79.7 cm³/mol. The Morgan fingerprint density at radius 3 is 2.40 bits per heavy atom. The highest BCUT2D eigenvalue weighted by Crippen LogP contribution is 2.32. The van der Waals surface area contributed by atoms with Gasteiger partial charge in [-0.3, -0.25) is 4.79 Å². The lowest BCUT2D eigenvalue weighted by Crippen LogP contribution is -2.03. The minimum absolute atomic E-state index is 0.368. The second-order valence-electron chi connectivity index (χ2n) is 4.22. The molecule has 0 aliphatic rings. The molecule has 2 aromatic carbocycles. The van der Waals surface area contributed by atoms with Gasteiger partial charge in [0.1, 0.15) is 0 Å². The van der Waals surface area contributed by atoms with Crippen LogP contribution in [0.1, 0.15) is 18.1 Å². The van der Waals surface area contributed by atoms with E-state index < -0.39 is 0 Å². The van der Waals surface area contributed by atoms with Gasteiger partial charge >= 0.3 is 5.97 Å². The van der Waals surface area contributed by atoms with Crippen molar-refractivity contribution in [2.45, 2.75) is 6.92 Å². The minimum Gasteiger partial charge on any atom is -0.492 e. The van der Waals surface area contributed by atoms with E-state index in [1.165, 1.54) is 6.92 Å². The first-order chi connectivity index (χ1) is 9.70. The third kappa shape index (κ3) is 3.48. The lowest BCUT2D eigenvalue weighted by atomic mass is 10.1. The Balaban J connectivity index is 2.32. The molecule has 0 saturated carbocycles. The van der Waals surface area contributed by atoms with Crippen molar-refractivity contribution in [1.29, 1.82) is 0 Å². The monoisotopic (exact) mass is 268 g/mol. The van der Waals surface area contributed by atoms with E-state index in [2.05, 4.69) is 0 Å². The first kappa shape index (κ1) is 13.9. The van der Waals surface area contributed by atoms with Crippen molar-refractivity contribution in [3.63, 3.8) is 0 Å². The zero-order valence-electron chi connectivity index (χ0n) is 11.5. The molecule has 0 heterocycles. The molecule has 0 atom stereocenters. The second-order valence-corrected chi connectivity index (χ2v) is 4.22. The van der Waals surface area contributed by atoms with E-state index in [0.717, 1.165) is 11.1 Å². The third-order valence-corrected chi connectivity index (χ3v) is 2.72. The smallest absolute Gasteiger partial charge is 0.308 e. The molecule has 0 amide bonds. The highest BCUT2D eigenvalue weighted by Gasteiger charge is 2.09. The Morgan fingerprint density at radius 1 is 1.00 bits per heavy atom. The fourth-order valence-electron chi connectivity index (χ4n) is 1.87. The van der Waals surface area contributed by atoms with Crippen LogP contribution in [0, 0.1) is 0 Å². The van der Waals surface area contributed by atoms with Crippen LogP contribution in [0.25, 0.3) is 12.2 Å². The summed E-state index contributed by atoms with van der Waals surface area (Å²) in [5.41, 5.74) is 1.95. The lowest BCUT2D eigenvalue weighted by molar-refractivity contribution is -0.132. The fourth-order valence-corrected chi connectivity index (χ4v) is 1.87. The van der Waals surface area contributed by atoms with Gasteiger partial charge in [-0.05, 0) is 11.6 Å². The van der Waals surface area contributed by atoms with Crippen molar-refractivity contribution in [3.8, 4) is 11.5 Å². The summed E-state index contributed by atoms with van der Waals surface area (Å²) in [7, 11) is 1.56. The normalized spacial score (nSPS) is 10.5. The number of para-hydroxylation sites is 1. The molecule has 0 bridgehead atoms. The van der Waals surface area contributed by atoms with Crippen LogP contribution in [0.4, 0.5) is 0 Å². The summed E-state index contributed by atoms with van der Waals surface area (Å²) in [6.45, 7) is 1.37. The van der Waals surface area contributed by atoms with Crippen molar-refractivity contribution < 1.29 is 14.3 Å². The van der Waals surface area contributed by atoms with E-state index in [1.807, 2.05) is 54.6 Å². The van der Waals surface area contributed by atoms with Gasteiger partial charge < -0.3 is 9.47 Å². The zero-order chi connectivity index (χ0) is 14.4. The number of methoxy groups -OCH3 is 1. The van der Waals surface area contributed by atoms with Crippen molar-refractivity contribution in [2.75, 3.05) is 7.11 Å². The van der Waals surface area contributed by atoms with E-state index in [1.54, 1.807) is 13.2 Å². The summed E-state index contributed by atoms with van der Waals surface area (Å²) in [6, 6.07) is 15.4. The number of ether oxygens (including phenoxy) is 2. The molecule has 0 unspecified atom stereocenters. The van der Waals surface area contributed by atoms with Gasteiger partial charge in [-0.25, -0.2) is 0 Å². The Kier molecular flexibility index (Phi) is 4.56. The molecule has 2 rings (SSSR count). The molecule has 0 aliphatic heterocycles. The van der Waals surface area contributed by atoms with Gasteiger partial charge in [0, 0.05) is 12.5 Å². The van der Waals surface area contributed by atoms with Crippen molar-refractivity contribution >= 4 is 18.1 Å². The second kappa shape index (κ2) is 6.57. The number of carbonyl (C=O) groups is 1. The Morgan fingerprint density at radius 2 is 1.75 bits per heavy atom. The van der Waals surface area contributed by atoms with Crippen LogP contribution in [-0.2, 0) is 4.79 Å². The number of carbonyl (C=O) groups excluding carboxylic acids is 1. The number of hydrogen-bond donors (Lipinski definition) is 0. The molecule has 0 N–H and O–H groups in total. The Bertz CT molecular complexity index is 615. The summed E-state index contributed by atoms with van der Waals surface area (Å²) < 4.78 is 10.5. The number of benzene rings is 2. The largest absolute Gasteiger partial charge is 0.492 e. The first-order valence-corrected chi connectivity index (χ1v) is 6.29. The lowest BCUT2D eigenvalue weighted by Gasteiger charge is -2.10. The number of esters is 1. The van der Waals surface area contributed by atoms with Gasteiger partial charge in [0.2, 0.25) is 0 Å². The molecule has 0 saturated heterocycles. The maximum Gasteiger partial charge on any atom is 0.308 e. The highest BCUT2D eigenvalue weighted by atomic mass is 16.6. The molecule has 0 aromatic heterocycles. The summed E-state index contributed by atoms with van der Waals surface area (Å²) in [6.07, 6.45) is 3.91. The highest BCUT2D eigenvalue weighted by molar-refractivity contribution is 5.76. The molecule has 0 aliphatic carbocycles. The molecule has 3 nitrogen and oxygen atoms in total. The molecule has 102 valence electrons. The molecule has 0 spiro atoms. The van der Waals surface area contributed by atoms with Gasteiger partial charge in [-0.1, -0.05) is 54.6 Å². The molecule has 0 radical (unpaired) electrons. The summed E-state index contributed by atoms with van der Waals surface area (Å²) in [5.74, 6) is 0.609. The van der Waals surface area contributed by atoms with Crippen LogP contribution in [0.5, 0.6) is 11.5 Å². The van der Waals surface area contributed by atoms with Crippen LogP contribution in [-0.4, -0.2) is 13.1 Å². The van der Waals surface area contributed by atoms with E-state index in [9.17, 15) is 4.79 Å². The summed E-state index contributed by atoms with van der Waals surface area (Å²) in [4.78, 5) is 11.1. The summed E-state index contributed by atoms with van der Waals surface area (Å²) >= 11 is 0. The maximum absolute atomic E-state index is 11.1. The zero-order valence-corrected chi connectivity index (χ0v) is 11.5. The van der Waals surface area contributed by atoms with Gasteiger partial charge in [0.05, 0.1) is 7.11 Å². The number of rotatable bonds is 4. The van der Waals surface area contributed by atoms with Gasteiger partial charge in [0.15, 0.2) is 11.5 Å². The van der Waals surface area contributed by atoms with Crippen molar-refractivity contribution in [1.82, 2.24) is 0 Å². The molecule has 0 fully saturated rings. The van der Waals surface area contributed by atoms with E-state index >= 15 is 0 Å². The quantitative estimate of drug-likeness (QED) is 0.481. The number of hydrogen-bond acceptors (Lipinski definition) is 3. The fraction of sp³-hybridized carbons (Fsp3) is 0.118. The van der Waals surface area contributed by atoms with Gasteiger partial charge in [0.25, 0.3) is 0 Å². The molecular weight excluding hydrogens is 252 g/mol. The Hall–Kier alpha value is -2.55. The third-order valence-electron chi connectivity index (χ3n) is 2.72. The van der Waals surface area contributed by atoms with Crippen LogP contribution in [0.15, 0.2) is 48.5 Å². The molecule has 3 heteroatoms. The predicted octanol–water partition coefficient (Wildman–Crippen LogP) is 3.79. The van der Waals surface area contributed by atoms with E-state index in [4.69, 9.17) is 9.47 Å². The SMILES string of the molecule is COc1c(C=Cc2ccccc2)cccc1OC(C)=O. The average Bonchev–Trinajstić information content (AvgIpc) is 2.45. The molecule has 20 heavy (non-hydrogen) atoms. The van der Waals surface area contributed by atoms with Crippen LogP contribution >= 0.6 is 0 Å². The van der Waals surface area contributed by atoms with Crippen LogP contribution < -0.4 is 9.47 Å². The van der Waals surface area contributed by atoms with Gasteiger partial charge in [-0.15, -0.1) is 0 Å². The van der Waals surface area contributed by atoms with Gasteiger partial charge in [-0.2, -0.15) is 0 Å². The van der Waals surface area contributed by atoms with E-state index in [-0.39, 0.29) is 5.97 Å². The van der Waals surface area contributed by atoms with Crippen LogP contribution in [0.3, 0.4) is 0 Å². The molecular formula is C17H16O3. The van der Waals surface area contributed by atoms with E-state index in [0.29, 0.717) is 11.5 Å². The summed E-state index contributed by atoms with van der Waals surface area (Å²) in [5, 5.41) is 0. The minimum atomic E-state index is -0.368. The standard InChI is InChI=1S/C17H16O3/c1-13(18)20-16-10-6-9-15(17(16)19-2)12-11-14-7-4-3-5-8-14/h3-12H,1-2H3. The topological polar surface area (TPSA) is 35.5 Å². The Labute approximate surface area is 118 Å². The average molecular weight is 268 g/mol. The first-order valence-electron chi connectivity index (χ1n) is 6.29. The van der Waals surface area contributed by atoms with Crippen LogP contribution in [0.2, 0.25) is 0 Å².